The number of anilines is 1. The van der Waals surface area contributed by atoms with Crippen molar-refractivity contribution >= 4 is 34.5 Å². The van der Waals surface area contributed by atoms with Crippen LogP contribution < -0.4 is 27.6 Å². The zero-order valence-electron chi connectivity index (χ0n) is 16.3. The molecule has 0 amide bonds. The fraction of sp³-hybridized carbons (Fsp3) is 0.286. The van der Waals surface area contributed by atoms with Gasteiger partial charge in [-0.2, -0.15) is 0 Å². The summed E-state index contributed by atoms with van der Waals surface area (Å²) in [7, 11) is 2.04. The fourth-order valence-corrected chi connectivity index (χ4v) is 3.88. The third kappa shape index (κ3) is 4.23. The molecule has 0 bridgehead atoms. The number of ketones is 1. The molecule has 0 spiro atoms. The van der Waals surface area contributed by atoms with Gasteiger partial charge in [0.05, 0.1) is 30.7 Å². The molecule has 0 radical (unpaired) electrons. The molecule has 2 aliphatic rings. The van der Waals surface area contributed by atoms with Gasteiger partial charge >= 0.3 is 0 Å². The molecule has 1 aromatic heterocycles. The quantitative estimate of drug-likeness (QED) is 0.539. The Morgan fingerprint density at radius 3 is 2.66 bits per heavy atom. The lowest BCUT2D eigenvalue weighted by Gasteiger charge is -2.18. The van der Waals surface area contributed by atoms with Crippen molar-refractivity contribution in [2.75, 3.05) is 18.0 Å². The average Bonchev–Trinajstić information content (AvgIpc) is 3.34. The van der Waals surface area contributed by atoms with Gasteiger partial charge in [-0.3, -0.25) is 4.79 Å². The van der Waals surface area contributed by atoms with E-state index < -0.39 is 0 Å². The first-order valence-electron chi connectivity index (χ1n) is 9.27. The van der Waals surface area contributed by atoms with Crippen LogP contribution in [0.3, 0.4) is 0 Å². The molecule has 1 aliphatic carbocycles. The number of allylic oxidation sites excluding steroid dienone is 3. The van der Waals surface area contributed by atoms with Gasteiger partial charge in [-0.1, -0.05) is 11.6 Å². The number of nitrogens with two attached hydrogens (primary N) is 1. The van der Waals surface area contributed by atoms with Crippen molar-refractivity contribution in [2.24, 2.45) is 17.8 Å². The highest BCUT2D eigenvalue weighted by Gasteiger charge is 2.27. The molecule has 2 aromatic rings. The number of aliphatic imine (C=N–C) groups is 1. The first kappa shape index (κ1) is 21.1. The van der Waals surface area contributed by atoms with Gasteiger partial charge in [0, 0.05) is 24.2 Å². The molecule has 29 heavy (non-hydrogen) atoms. The largest absolute Gasteiger partial charge is 1.00 e. The van der Waals surface area contributed by atoms with E-state index >= 15 is 0 Å². The maximum Gasteiger partial charge on any atom is 0.243 e. The van der Waals surface area contributed by atoms with E-state index in [4.69, 9.17) is 17.3 Å². The van der Waals surface area contributed by atoms with Gasteiger partial charge in [-0.15, -0.1) is 0 Å². The maximum atomic E-state index is 11.9. The van der Waals surface area contributed by atoms with Crippen LogP contribution in [0.1, 0.15) is 19.4 Å². The number of carbonyl (C=O) groups excluding carboxylic acids is 1. The van der Waals surface area contributed by atoms with E-state index in [1.165, 1.54) is 5.69 Å². The summed E-state index contributed by atoms with van der Waals surface area (Å²) in [6.07, 6.45) is 9.12. The van der Waals surface area contributed by atoms with Crippen molar-refractivity contribution in [3.63, 3.8) is 0 Å². The van der Waals surface area contributed by atoms with Crippen LogP contribution >= 0.6 is 11.6 Å². The summed E-state index contributed by atoms with van der Waals surface area (Å²) in [5.74, 6) is -0.242. The Hall–Kier alpha value is -2.57. The molecule has 1 fully saturated rings. The molecule has 1 atom stereocenters. The second kappa shape index (κ2) is 8.43. The third-order valence-electron chi connectivity index (χ3n) is 5.26. The third-order valence-corrected chi connectivity index (χ3v) is 5.64. The van der Waals surface area contributed by atoms with E-state index in [-0.39, 0.29) is 28.9 Å². The van der Waals surface area contributed by atoms with Crippen molar-refractivity contribution in [1.29, 1.82) is 0 Å². The predicted molar refractivity (Wildman–Crippen MR) is 111 cm³/mol. The van der Waals surface area contributed by atoms with Gasteiger partial charge in [-0.25, -0.2) is 14.1 Å². The first-order valence-corrected chi connectivity index (χ1v) is 9.65. The van der Waals surface area contributed by atoms with Crippen LogP contribution in [0.25, 0.3) is 0 Å². The molecule has 152 valence electrons. The standard InChI is InChI=1S/C21H22ClN5O.ClH/c1-14-11-18(20(23)19(22)21(14)28)24-15-3-5-16(6-4-15)26-8-7-17(12-26)27-10-9-25(2)13-27;/h3-6,9-11,13,17H,7-8,12H2,1-2H3,(H-,23,28);1H/b24-18-;. The van der Waals surface area contributed by atoms with Crippen molar-refractivity contribution in [2.45, 2.75) is 19.4 Å². The number of benzene rings is 1. The maximum absolute atomic E-state index is 11.9. The summed E-state index contributed by atoms with van der Waals surface area (Å²) in [5.41, 5.74) is 9.20. The zero-order valence-corrected chi connectivity index (χ0v) is 17.9. The first-order chi connectivity index (χ1) is 13.4. The number of rotatable bonds is 3. The molecule has 1 unspecified atom stereocenters. The number of imidazole rings is 1. The van der Waals surface area contributed by atoms with Crippen LogP contribution in [0.4, 0.5) is 11.4 Å². The number of aromatic nitrogens is 2. The highest BCUT2D eigenvalue weighted by Crippen LogP contribution is 2.29. The normalized spacial score (nSPS) is 20.9. The minimum absolute atomic E-state index is 0. The smallest absolute Gasteiger partial charge is 0.243 e. The van der Waals surface area contributed by atoms with E-state index in [1.807, 2.05) is 19.2 Å². The molecule has 2 heterocycles. The SMILES string of the molecule is CC1=C/C(=N/c2ccc(N3CCC(n4cc[n+](C)c4)C3)cc2)C(N)=C(Cl)C1=O.[Cl-]. The Morgan fingerprint density at radius 2 is 2.00 bits per heavy atom. The topological polar surface area (TPSA) is 67.5 Å². The van der Waals surface area contributed by atoms with Crippen molar-refractivity contribution < 1.29 is 21.8 Å². The molecule has 6 nitrogen and oxygen atoms in total. The highest BCUT2D eigenvalue weighted by atomic mass is 35.5. The molecule has 1 aromatic carbocycles. The number of halogens is 2. The van der Waals surface area contributed by atoms with Gasteiger partial charge in [-0.05, 0) is 37.3 Å². The van der Waals surface area contributed by atoms with Gasteiger partial charge in [0.2, 0.25) is 12.1 Å². The predicted octanol–water partition coefficient (Wildman–Crippen LogP) is -0.221. The van der Waals surface area contributed by atoms with Crippen molar-refractivity contribution in [3.05, 3.63) is 65.4 Å². The lowest BCUT2D eigenvalue weighted by Crippen LogP contribution is -3.00. The molecule has 8 heteroatoms. The number of carbonyl (C=O) groups is 1. The summed E-state index contributed by atoms with van der Waals surface area (Å²) in [6, 6.07) is 8.56. The van der Waals surface area contributed by atoms with Crippen LogP contribution in [0.2, 0.25) is 0 Å². The second-order valence-corrected chi connectivity index (χ2v) is 7.69. The van der Waals surface area contributed by atoms with E-state index in [0.29, 0.717) is 17.3 Å². The van der Waals surface area contributed by atoms with Gasteiger partial charge in [0.15, 0.2) is 0 Å². The Kier molecular flexibility index (Phi) is 6.15. The number of aryl methyl sites for hydroxylation is 1. The van der Waals surface area contributed by atoms with Crippen LogP contribution in [0.15, 0.2) is 70.4 Å². The van der Waals surface area contributed by atoms with Crippen LogP contribution in [0, 0.1) is 0 Å². The zero-order chi connectivity index (χ0) is 19.8. The summed E-state index contributed by atoms with van der Waals surface area (Å²) in [5, 5.41) is 0.0388. The van der Waals surface area contributed by atoms with Crippen LogP contribution in [-0.4, -0.2) is 29.2 Å². The molecule has 0 saturated carbocycles. The monoisotopic (exact) mass is 431 g/mol. The minimum Gasteiger partial charge on any atom is -1.00 e. The molecule has 4 rings (SSSR count). The van der Waals surface area contributed by atoms with Gasteiger partial charge in [0.1, 0.15) is 23.5 Å². The van der Waals surface area contributed by atoms with Crippen LogP contribution in [0.5, 0.6) is 0 Å². The van der Waals surface area contributed by atoms with Crippen LogP contribution in [-0.2, 0) is 11.8 Å². The highest BCUT2D eigenvalue weighted by molar-refractivity contribution is 6.49. The molecular weight excluding hydrogens is 409 g/mol. The Morgan fingerprint density at radius 1 is 1.28 bits per heavy atom. The second-order valence-electron chi connectivity index (χ2n) is 7.31. The van der Waals surface area contributed by atoms with Gasteiger partial charge < -0.3 is 23.0 Å². The number of Topliss-reactive ketones (excluding diaryl/α,β-unsaturated/α-hetero) is 1. The van der Waals surface area contributed by atoms with E-state index in [2.05, 4.69) is 49.9 Å². The van der Waals surface area contributed by atoms with E-state index in [9.17, 15) is 4.79 Å². The molecule has 2 N–H and O–H groups in total. The lowest BCUT2D eigenvalue weighted by atomic mass is 10.0. The fourth-order valence-electron chi connectivity index (χ4n) is 3.63. The molecule has 1 aliphatic heterocycles. The minimum atomic E-state index is -0.242. The summed E-state index contributed by atoms with van der Waals surface area (Å²) in [6.45, 7) is 3.72. The van der Waals surface area contributed by atoms with Crippen molar-refractivity contribution in [1.82, 2.24) is 4.57 Å². The number of nitrogens with zero attached hydrogens (tertiary/aromatic N) is 4. The van der Waals surface area contributed by atoms with E-state index in [0.717, 1.165) is 25.2 Å². The van der Waals surface area contributed by atoms with Crippen molar-refractivity contribution in [3.8, 4) is 0 Å². The molecular formula is C21H23Cl2N5O. The number of hydrogen-bond donors (Lipinski definition) is 1. The summed E-state index contributed by atoms with van der Waals surface area (Å²) < 4.78 is 4.34. The Balaban J connectivity index is 0.00000240. The number of hydrogen-bond acceptors (Lipinski definition) is 4. The van der Waals surface area contributed by atoms with E-state index in [1.54, 1.807) is 13.0 Å². The Labute approximate surface area is 181 Å². The Bertz CT molecular complexity index is 1020. The summed E-state index contributed by atoms with van der Waals surface area (Å²) >= 11 is 6.02. The molecule has 1 saturated heterocycles. The van der Waals surface area contributed by atoms with Gasteiger partial charge in [0.25, 0.3) is 0 Å². The lowest BCUT2D eigenvalue weighted by molar-refractivity contribution is -0.671. The average molecular weight is 432 g/mol. The summed E-state index contributed by atoms with van der Waals surface area (Å²) in [4.78, 5) is 18.8.